The normalized spacial score (nSPS) is 19.1. The van der Waals surface area contributed by atoms with Crippen molar-refractivity contribution in [3.8, 4) is 0 Å². The van der Waals surface area contributed by atoms with Gasteiger partial charge in [0, 0.05) is 19.0 Å². The Morgan fingerprint density at radius 2 is 2.00 bits per heavy atom. The molecule has 3 heteroatoms. The summed E-state index contributed by atoms with van der Waals surface area (Å²) in [6.07, 6.45) is 6.60. The van der Waals surface area contributed by atoms with Gasteiger partial charge in [0.25, 0.3) is 0 Å². The fourth-order valence-electron chi connectivity index (χ4n) is 1.68. The van der Waals surface area contributed by atoms with Crippen LogP contribution in [0.2, 0.25) is 0 Å². The van der Waals surface area contributed by atoms with Crippen LogP contribution in [0.3, 0.4) is 0 Å². The summed E-state index contributed by atoms with van der Waals surface area (Å²) < 4.78 is 0. The van der Waals surface area contributed by atoms with E-state index in [1.165, 1.54) is 19.3 Å². The third-order valence-electron chi connectivity index (χ3n) is 2.34. The second-order valence-corrected chi connectivity index (χ2v) is 3.44. The van der Waals surface area contributed by atoms with Gasteiger partial charge in [-0.25, -0.2) is 0 Å². The first kappa shape index (κ1) is 9.52. The molecule has 1 amide bonds. The second-order valence-electron chi connectivity index (χ2n) is 3.44. The number of carbonyl (C=O) groups is 1. The van der Waals surface area contributed by atoms with Crippen molar-refractivity contribution in [1.82, 2.24) is 5.32 Å². The first-order valence-electron chi connectivity index (χ1n) is 4.82. The third-order valence-corrected chi connectivity index (χ3v) is 2.34. The highest BCUT2D eigenvalue weighted by Crippen LogP contribution is 2.17. The standard InChI is InChI=1S/C9H18N2O/c10-7-6-9(12)11-8-4-2-1-3-5-8/h8H,1-7,10H2,(H,11,12). The molecule has 0 spiro atoms. The summed E-state index contributed by atoms with van der Waals surface area (Å²) in [6.45, 7) is 0.457. The van der Waals surface area contributed by atoms with Crippen LogP contribution in [-0.2, 0) is 4.79 Å². The zero-order valence-electron chi connectivity index (χ0n) is 7.51. The third kappa shape index (κ3) is 3.22. The molecule has 0 heterocycles. The minimum absolute atomic E-state index is 0.115. The van der Waals surface area contributed by atoms with E-state index < -0.39 is 0 Å². The van der Waals surface area contributed by atoms with Gasteiger partial charge in [-0.15, -0.1) is 0 Å². The molecule has 1 aliphatic rings. The molecule has 0 aromatic rings. The molecule has 1 saturated carbocycles. The van der Waals surface area contributed by atoms with Crippen LogP contribution in [-0.4, -0.2) is 18.5 Å². The molecule has 0 bridgehead atoms. The minimum Gasteiger partial charge on any atom is -0.353 e. The zero-order valence-corrected chi connectivity index (χ0v) is 7.51. The predicted molar refractivity (Wildman–Crippen MR) is 48.7 cm³/mol. The Balaban J connectivity index is 2.15. The predicted octanol–water partition coefficient (Wildman–Crippen LogP) is 0.784. The summed E-state index contributed by atoms with van der Waals surface area (Å²) in [5, 5.41) is 3.00. The van der Waals surface area contributed by atoms with Gasteiger partial charge in [0.1, 0.15) is 0 Å². The van der Waals surface area contributed by atoms with Crippen LogP contribution in [0.1, 0.15) is 38.5 Å². The molecular formula is C9H18N2O. The van der Waals surface area contributed by atoms with Gasteiger partial charge in [0.05, 0.1) is 0 Å². The maximum atomic E-state index is 11.1. The van der Waals surface area contributed by atoms with E-state index in [1.807, 2.05) is 0 Å². The number of carbonyl (C=O) groups excluding carboxylic acids is 1. The average molecular weight is 170 g/mol. The van der Waals surface area contributed by atoms with E-state index in [1.54, 1.807) is 0 Å². The Morgan fingerprint density at radius 1 is 1.33 bits per heavy atom. The largest absolute Gasteiger partial charge is 0.353 e. The van der Waals surface area contributed by atoms with E-state index in [-0.39, 0.29) is 5.91 Å². The van der Waals surface area contributed by atoms with Crippen LogP contribution in [0.15, 0.2) is 0 Å². The summed E-state index contributed by atoms with van der Waals surface area (Å²) in [6, 6.07) is 0.429. The number of hydrogen-bond donors (Lipinski definition) is 2. The van der Waals surface area contributed by atoms with Gasteiger partial charge < -0.3 is 11.1 Å². The van der Waals surface area contributed by atoms with E-state index in [9.17, 15) is 4.79 Å². The molecule has 0 aliphatic heterocycles. The quantitative estimate of drug-likeness (QED) is 0.657. The van der Waals surface area contributed by atoms with Crippen molar-refractivity contribution >= 4 is 5.91 Å². The van der Waals surface area contributed by atoms with Crippen molar-refractivity contribution < 1.29 is 4.79 Å². The smallest absolute Gasteiger partial charge is 0.221 e. The molecule has 12 heavy (non-hydrogen) atoms. The Bertz CT molecular complexity index is 141. The van der Waals surface area contributed by atoms with E-state index in [0.717, 1.165) is 12.8 Å². The first-order chi connectivity index (χ1) is 5.83. The lowest BCUT2D eigenvalue weighted by atomic mass is 9.95. The van der Waals surface area contributed by atoms with Crippen LogP contribution in [0.4, 0.5) is 0 Å². The molecule has 70 valence electrons. The topological polar surface area (TPSA) is 55.1 Å². The molecule has 1 aliphatic carbocycles. The fourth-order valence-corrected chi connectivity index (χ4v) is 1.68. The maximum absolute atomic E-state index is 11.1. The van der Waals surface area contributed by atoms with Gasteiger partial charge in [-0.3, -0.25) is 4.79 Å². The molecular weight excluding hydrogens is 152 g/mol. The molecule has 1 rings (SSSR count). The summed E-state index contributed by atoms with van der Waals surface area (Å²) in [5.41, 5.74) is 5.27. The molecule has 3 nitrogen and oxygen atoms in total. The Kier molecular flexibility index (Phi) is 4.08. The van der Waals surface area contributed by atoms with Crippen molar-refractivity contribution in [3.05, 3.63) is 0 Å². The number of amides is 1. The van der Waals surface area contributed by atoms with Crippen molar-refractivity contribution in [2.75, 3.05) is 6.54 Å². The Hall–Kier alpha value is -0.570. The minimum atomic E-state index is 0.115. The van der Waals surface area contributed by atoms with Crippen LogP contribution in [0.25, 0.3) is 0 Å². The number of nitrogens with two attached hydrogens (primary N) is 1. The van der Waals surface area contributed by atoms with Gasteiger partial charge in [0.15, 0.2) is 0 Å². The van der Waals surface area contributed by atoms with Crippen LogP contribution < -0.4 is 11.1 Å². The average Bonchev–Trinajstić information content (AvgIpc) is 2.06. The lowest BCUT2D eigenvalue weighted by molar-refractivity contribution is -0.121. The van der Waals surface area contributed by atoms with Crippen LogP contribution in [0.5, 0.6) is 0 Å². The lowest BCUT2D eigenvalue weighted by Crippen LogP contribution is -2.36. The van der Waals surface area contributed by atoms with Crippen molar-refractivity contribution in [1.29, 1.82) is 0 Å². The lowest BCUT2D eigenvalue weighted by Gasteiger charge is -2.22. The Morgan fingerprint density at radius 3 is 2.58 bits per heavy atom. The van der Waals surface area contributed by atoms with E-state index in [2.05, 4.69) is 5.32 Å². The van der Waals surface area contributed by atoms with Crippen molar-refractivity contribution in [2.24, 2.45) is 5.73 Å². The summed E-state index contributed by atoms with van der Waals surface area (Å²) in [4.78, 5) is 11.1. The monoisotopic (exact) mass is 170 g/mol. The van der Waals surface area contributed by atoms with Crippen LogP contribution in [0, 0.1) is 0 Å². The highest BCUT2D eigenvalue weighted by Gasteiger charge is 2.14. The SMILES string of the molecule is NCCC(=O)NC1CCCCC1. The van der Waals surface area contributed by atoms with Gasteiger partial charge in [-0.05, 0) is 12.8 Å². The van der Waals surface area contributed by atoms with Crippen LogP contribution >= 0.6 is 0 Å². The molecule has 3 N–H and O–H groups in total. The summed E-state index contributed by atoms with van der Waals surface area (Å²) >= 11 is 0. The molecule has 0 radical (unpaired) electrons. The van der Waals surface area contributed by atoms with Gasteiger partial charge in [-0.1, -0.05) is 19.3 Å². The van der Waals surface area contributed by atoms with Crippen molar-refractivity contribution in [3.63, 3.8) is 0 Å². The van der Waals surface area contributed by atoms with Crippen molar-refractivity contribution in [2.45, 2.75) is 44.6 Å². The number of nitrogens with one attached hydrogen (secondary N) is 1. The molecule has 1 fully saturated rings. The second kappa shape index (κ2) is 5.14. The highest BCUT2D eigenvalue weighted by atomic mass is 16.1. The number of hydrogen-bond acceptors (Lipinski definition) is 2. The van der Waals surface area contributed by atoms with Gasteiger partial charge in [0.2, 0.25) is 5.91 Å². The molecule has 0 unspecified atom stereocenters. The maximum Gasteiger partial charge on any atom is 0.221 e. The summed E-state index contributed by atoms with van der Waals surface area (Å²) in [7, 11) is 0. The van der Waals surface area contributed by atoms with Gasteiger partial charge in [-0.2, -0.15) is 0 Å². The first-order valence-corrected chi connectivity index (χ1v) is 4.82. The van der Waals surface area contributed by atoms with E-state index in [0.29, 0.717) is 19.0 Å². The highest BCUT2D eigenvalue weighted by molar-refractivity contribution is 5.76. The molecule has 0 aromatic carbocycles. The van der Waals surface area contributed by atoms with E-state index >= 15 is 0 Å². The molecule has 0 saturated heterocycles. The van der Waals surface area contributed by atoms with Gasteiger partial charge >= 0.3 is 0 Å². The fraction of sp³-hybridized carbons (Fsp3) is 0.889. The molecule has 0 aromatic heterocycles. The summed E-state index contributed by atoms with van der Waals surface area (Å²) in [5.74, 6) is 0.115. The van der Waals surface area contributed by atoms with E-state index in [4.69, 9.17) is 5.73 Å². The Labute approximate surface area is 73.7 Å². The zero-order chi connectivity index (χ0) is 8.81. The number of rotatable bonds is 3. The molecule has 0 atom stereocenters.